The Bertz CT molecular complexity index is 468. The van der Waals surface area contributed by atoms with Crippen LogP contribution in [-0.4, -0.2) is 19.6 Å². The molecule has 2 rings (SSSR count). The fourth-order valence-corrected chi connectivity index (χ4v) is 1.66. The summed E-state index contributed by atoms with van der Waals surface area (Å²) in [5, 5.41) is 8.75. The summed E-state index contributed by atoms with van der Waals surface area (Å²) >= 11 is 0. The molecule has 0 aliphatic rings. The Morgan fingerprint density at radius 3 is 2.69 bits per heavy atom. The first-order chi connectivity index (χ1) is 7.72. The third kappa shape index (κ3) is 2.14. The Morgan fingerprint density at radius 1 is 1.31 bits per heavy atom. The predicted octanol–water partition coefficient (Wildman–Crippen LogP) is 0.686. The quantitative estimate of drug-likeness (QED) is 0.822. The van der Waals surface area contributed by atoms with E-state index in [9.17, 15) is 0 Å². The molecule has 0 saturated heterocycles. The van der Waals surface area contributed by atoms with Crippen LogP contribution in [0.1, 0.15) is 24.0 Å². The van der Waals surface area contributed by atoms with Crippen LogP contribution in [0.4, 0.5) is 0 Å². The molecular weight excluding hydrogens is 202 g/mol. The maximum Gasteiger partial charge on any atom is 0.0828 e. The van der Waals surface area contributed by atoms with Crippen LogP contribution in [-0.2, 0) is 26.6 Å². The monoisotopic (exact) mass is 219 g/mol. The van der Waals surface area contributed by atoms with Crippen molar-refractivity contribution in [1.29, 1.82) is 0 Å². The molecule has 2 aromatic rings. The average molecular weight is 219 g/mol. The maximum atomic E-state index is 5.52. The van der Waals surface area contributed by atoms with E-state index >= 15 is 0 Å². The largest absolute Gasteiger partial charge is 0.325 e. The van der Waals surface area contributed by atoms with Crippen LogP contribution in [0.3, 0.4) is 0 Å². The van der Waals surface area contributed by atoms with Gasteiger partial charge in [-0.1, -0.05) is 6.92 Å². The van der Waals surface area contributed by atoms with Crippen LogP contribution in [0.5, 0.6) is 0 Å². The molecule has 0 spiro atoms. The van der Waals surface area contributed by atoms with E-state index in [1.54, 1.807) is 0 Å². The highest BCUT2D eigenvalue weighted by molar-refractivity contribution is 5.11. The Morgan fingerprint density at radius 2 is 2.12 bits per heavy atom. The lowest BCUT2D eigenvalue weighted by molar-refractivity contribution is 0.611. The van der Waals surface area contributed by atoms with Gasteiger partial charge in [0.05, 0.1) is 23.6 Å². The van der Waals surface area contributed by atoms with Gasteiger partial charge in [0, 0.05) is 19.8 Å². The fraction of sp³-hybridized carbons (Fsp3) is 0.455. The van der Waals surface area contributed by atoms with Crippen LogP contribution in [0.25, 0.3) is 0 Å². The molecule has 0 unspecified atom stereocenters. The van der Waals surface area contributed by atoms with Crippen LogP contribution in [0, 0.1) is 0 Å². The molecule has 2 N–H and O–H groups in total. The number of hydrogen-bond donors (Lipinski definition) is 1. The molecule has 0 fully saturated rings. The molecule has 2 aromatic heterocycles. The SMILES string of the molecule is CCc1cc(Cn2ccc(CN)n2)n(C)n1. The second-order valence-corrected chi connectivity index (χ2v) is 3.81. The molecule has 2 heterocycles. The number of rotatable bonds is 4. The molecule has 0 aromatic carbocycles. The van der Waals surface area contributed by atoms with Gasteiger partial charge in [0.2, 0.25) is 0 Å². The summed E-state index contributed by atoms with van der Waals surface area (Å²) in [7, 11) is 1.96. The van der Waals surface area contributed by atoms with Crippen molar-refractivity contribution in [2.75, 3.05) is 0 Å². The van der Waals surface area contributed by atoms with E-state index in [2.05, 4.69) is 23.2 Å². The van der Waals surface area contributed by atoms with Gasteiger partial charge in [-0.15, -0.1) is 0 Å². The zero-order valence-corrected chi connectivity index (χ0v) is 9.72. The van der Waals surface area contributed by atoms with Crippen LogP contribution in [0.15, 0.2) is 18.3 Å². The van der Waals surface area contributed by atoms with E-state index < -0.39 is 0 Å². The zero-order chi connectivity index (χ0) is 11.5. The highest BCUT2D eigenvalue weighted by atomic mass is 15.3. The van der Waals surface area contributed by atoms with Gasteiger partial charge in [0.25, 0.3) is 0 Å². The van der Waals surface area contributed by atoms with Gasteiger partial charge in [-0.05, 0) is 18.6 Å². The van der Waals surface area contributed by atoms with Crippen molar-refractivity contribution in [3.63, 3.8) is 0 Å². The van der Waals surface area contributed by atoms with E-state index in [4.69, 9.17) is 5.73 Å². The lowest BCUT2D eigenvalue weighted by Crippen LogP contribution is -2.07. The summed E-state index contributed by atoms with van der Waals surface area (Å²) < 4.78 is 3.79. The van der Waals surface area contributed by atoms with Gasteiger partial charge < -0.3 is 5.73 Å². The standard InChI is InChI=1S/C11H17N5/c1-3-9-6-11(15(2)13-9)8-16-5-4-10(7-12)14-16/h4-6H,3,7-8,12H2,1-2H3. The summed E-state index contributed by atoms with van der Waals surface area (Å²) in [6.07, 6.45) is 2.90. The minimum Gasteiger partial charge on any atom is -0.325 e. The lowest BCUT2D eigenvalue weighted by atomic mass is 10.3. The topological polar surface area (TPSA) is 61.7 Å². The first-order valence-electron chi connectivity index (χ1n) is 5.47. The number of hydrogen-bond acceptors (Lipinski definition) is 3. The molecule has 0 amide bonds. The molecule has 0 radical (unpaired) electrons. The summed E-state index contributed by atoms with van der Waals surface area (Å²) in [5.74, 6) is 0. The highest BCUT2D eigenvalue weighted by Gasteiger charge is 2.05. The Kier molecular flexibility index (Phi) is 3.05. The van der Waals surface area contributed by atoms with E-state index in [-0.39, 0.29) is 0 Å². The van der Waals surface area contributed by atoms with Crippen LogP contribution < -0.4 is 5.73 Å². The van der Waals surface area contributed by atoms with E-state index in [1.165, 1.54) is 0 Å². The molecule has 0 aliphatic heterocycles. The molecular formula is C11H17N5. The minimum atomic E-state index is 0.485. The molecule has 16 heavy (non-hydrogen) atoms. The van der Waals surface area contributed by atoms with E-state index in [0.717, 1.165) is 30.0 Å². The third-order valence-corrected chi connectivity index (χ3v) is 2.62. The summed E-state index contributed by atoms with van der Waals surface area (Å²) in [6.45, 7) is 3.33. The van der Waals surface area contributed by atoms with Gasteiger partial charge in [-0.3, -0.25) is 9.36 Å². The van der Waals surface area contributed by atoms with Gasteiger partial charge in [0.1, 0.15) is 0 Å². The zero-order valence-electron chi connectivity index (χ0n) is 9.72. The maximum absolute atomic E-state index is 5.52. The third-order valence-electron chi connectivity index (χ3n) is 2.62. The summed E-state index contributed by atoms with van der Waals surface area (Å²) in [4.78, 5) is 0. The highest BCUT2D eigenvalue weighted by Crippen LogP contribution is 2.06. The Labute approximate surface area is 94.9 Å². The second-order valence-electron chi connectivity index (χ2n) is 3.81. The smallest absolute Gasteiger partial charge is 0.0828 e. The molecule has 86 valence electrons. The average Bonchev–Trinajstić information content (AvgIpc) is 2.87. The van der Waals surface area contributed by atoms with Crippen molar-refractivity contribution in [3.8, 4) is 0 Å². The first-order valence-corrected chi connectivity index (χ1v) is 5.47. The van der Waals surface area contributed by atoms with Gasteiger partial charge in [-0.2, -0.15) is 10.2 Å². The second kappa shape index (κ2) is 4.49. The van der Waals surface area contributed by atoms with Crippen molar-refractivity contribution in [2.45, 2.75) is 26.4 Å². The molecule has 0 aliphatic carbocycles. The van der Waals surface area contributed by atoms with Crippen molar-refractivity contribution in [3.05, 3.63) is 35.4 Å². The minimum absolute atomic E-state index is 0.485. The molecule has 0 bridgehead atoms. The number of nitrogens with two attached hydrogens (primary N) is 1. The summed E-state index contributed by atoms with van der Waals surface area (Å²) in [6, 6.07) is 4.06. The van der Waals surface area contributed by atoms with Crippen molar-refractivity contribution < 1.29 is 0 Å². The Hall–Kier alpha value is -1.62. The van der Waals surface area contributed by atoms with Gasteiger partial charge >= 0.3 is 0 Å². The van der Waals surface area contributed by atoms with Gasteiger partial charge in [0.15, 0.2) is 0 Å². The summed E-state index contributed by atoms with van der Waals surface area (Å²) in [5.41, 5.74) is 8.70. The molecule has 0 saturated carbocycles. The van der Waals surface area contributed by atoms with Crippen LogP contribution >= 0.6 is 0 Å². The van der Waals surface area contributed by atoms with Crippen molar-refractivity contribution in [2.24, 2.45) is 12.8 Å². The normalized spacial score (nSPS) is 10.9. The molecule has 0 atom stereocenters. The Balaban J connectivity index is 2.16. The first kappa shape index (κ1) is 10.9. The molecule has 5 heteroatoms. The molecule has 5 nitrogen and oxygen atoms in total. The van der Waals surface area contributed by atoms with Gasteiger partial charge in [-0.25, -0.2) is 0 Å². The van der Waals surface area contributed by atoms with E-state index in [1.807, 2.05) is 28.7 Å². The van der Waals surface area contributed by atoms with Crippen LogP contribution in [0.2, 0.25) is 0 Å². The lowest BCUT2D eigenvalue weighted by Gasteiger charge is -2.01. The number of aromatic nitrogens is 4. The predicted molar refractivity (Wildman–Crippen MR) is 61.8 cm³/mol. The van der Waals surface area contributed by atoms with Crippen molar-refractivity contribution in [1.82, 2.24) is 19.6 Å². The van der Waals surface area contributed by atoms with Crippen molar-refractivity contribution >= 4 is 0 Å². The fourth-order valence-electron chi connectivity index (χ4n) is 1.66. The van der Waals surface area contributed by atoms with E-state index in [0.29, 0.717) is 6.54 Å². The number of nitrogens with zero attached hydrogens (tertiary/aromatic N) is 4. The number of aryl methyl sites for hydroxylation is 2.